The number of pyridine rings is 1. The molecule has 1 aromatic rings. The number of hydrogen-bond donors (Lipinski definition) is 1. The van der Waals surface area contributed by atoms with E-state index in [4.69, 9.17) is 5.73 Å². The Morgan fingerprint density at radius 2 is 1.83 bits per heavy atom. The molecule has 102 valence electrons. The summed E-state index contributed by atoms with van der Waals surface area (Å²) in [5, 5.41) is 0. The second-order valence-electron chi connectivity index (χ2n) is 4.51. The summed E-state index contributed by atoms with van der Waals surface area (Å²) in [6, 6.07) is 1.65. The zero-order valence-corrected chi connectivity index (χ0v) is 11.5. The molecular formula is C14H24FN3. The van der Waals surface area contributed by atoms with E-state index in [0.29, 0.717) is 11.4 Å². The molecule has 3 nitrogen and oxygen atoms in total. The van der Waals surface area contributed by atoms with Crippen molar-refractivity contribution in [2.75, 3.05) is 18.0 Å². The molecule has 0 radical (unpaired) electrons. The second-order valence-corrected chi connectivity index (χ2v) is 4.51. The van der Waals surface area contributed by atoms with E-state index in [1.807, 2.05) is 4.90 Å². The first kappa shape index (κ1) is 14.9. The van der Waals surface area contributed by atoms with Crippen molar-refractivity contribution in [3.8, 4) is 0 Å². The molecule has 2 N–H and O–H groups in total. The number of anilines is 1. The molecule has 0 atom stereocenters. The number of rotatable bonds is 8. The van der Waals surface area contributed by atoms with Gasteiger partial charge < -0.3 is 10.6 Å². The lowest BCUT2D eigenvalue weighted by atomic mass is 10.2. The second kappa shape index (κ2) is 8.03. The third-order valence-corrected chi connectivity index (χ3v) is 3.03. The van der Waals surface area contributed by atoms with Gasteiger partial charge in [0.1, 0.15) is 0 Å². The average Bonchev–Trinajstić information content (AvgIpc) is 2.40. The third kappa shape index (κ3) is 3.95. The van der Waals surface area contributed by atoms with Gasteiger partial charge in [-0.25, -0.2) is 9.37 Å². The fourth-order valence-electron chi connectivity index (χ4n) is 1.87. The molecule has 1 rings (SSSR count). The maximum absolute atomic E-state index is 14.2. The normalized spacial score (nSPS) is 10.7. The summed E-state index contributed by atoms with van der Waals surface area (Å²) in [6.07, 6.45) is 5.95. The Labute approximate surface area is 109 Å². The molecule has 0 aliphatic carbocycles. The smallest absolute Gasteiger partial charge is 0.170 e. The van der Waals surface area contributed by atoms with Crippen molar-refractivity contribution in [3.05, 3.63) is 23.6 Å². The van der Waals surface area contributed by atoms with E-state index < -0.39 is 0 Å². The zero-order chi connectivity index (χ0) is 13.4. The lowest BCUT2D eigenvalue weighted by Gasteiger charge is -2.24. The van der Waals surface area contributed by atoms with Gasteiger partial charge in [-0.3, -0.25) is 0 Å². The highest BCUT2D eigenvalue weighted by Crippen LogP contribution is 2.20. The SMILES string of the molecule is CCCCN(CCCC)c1nccc(CN)c1F. The van der Waals surface area contributed by atoms with E-state index in [1.165, 1.54) is 0 Å². The topological polar surface area (TPSA) is 42.2 Å². The quantitative estimate of drug-likeness (QED) is 0.774. The first-order chi connectivity index (χ1) is 8.74. The van der Waals surface area contributed by atoms with Crippen LogP contribution in [-0.4, -0.2) is 18.1 Å². The van der Waals surface area contributed by atoms with Gasteiger partial charge in [0.15, 0.2) is 11.6 Å². The van der Waals surface area contributed by atoms with Crippen LogP contribution in [0.5, 0.6) is 0 Å². The van der Waals surface area contributed by atoms with E-state index in [9.17, 15) is 4.39 Å². The van der Waals surface area contributed by atoms with Crippen molar-refractivity contribution in [3.63, 3.8) is 0 Å². The van der Waals surface area contributed by atoms with Crippen LogP contribution in [0.15, 0.2) is 12.3 Å². The van der Waals surface area contributed by atoms with Crippen LogP contribution < -0.4 is 10.6 Å². The van der Waals surface area contributed by atoms with Crippen LogP contribution in [0.4, 0.5) is 10.2 Å². The molecule has 0 amide bonds. The van der Waals surface area contributed by atoms with Gasteiger partial charge in [0.25, 0.3) is 0 Å². The van der Waals surface area contributed by atoms with Crippen LogP contribution in [0.25, 0.3) is 0 Å². The Balaban J connectivity index is 2.88. The number of aromatic nitrogens is 1. The van der Waals surface area contributed by atoms with Crippen LogP contribution in [0.1, 0.15) is 45.1 Å². The predicted molar refractivity (Wildman–Crippen MR) is 74.1 cm³/mol. The molecule has 0 spiro atoms. The van der Waals surface area contributed by atoms with E-state index in [1.54, 1.807) is 12.3 Å². The van der Waals surface area contributed by atoms with Gasteiger partial charge in [-0.1, -0.05) is 26.7 Å². The van der Waals surface area contributed by atoms with Gasteiger partial charge in [-0.15, -0.1) is 0 Å². The van der Waals surface area contributed by atoms with Crippen LogP contribution in [0, 0.1) is 5.82 Å². The van der Waals surface area contributed by atoms with Gasteiger partial charge in [0, 0.05) is 31.4 Å². The standard InChI is InChI=1S/C14H24FN3/c1-3-5-9-18(10-6-4-2)14-13(15)12(11-16)7-8-17-14/h7-8H,3-6,9-11,16H2,1-2H3. The van der Waals surface area contributed by atoms with E-state index in [-0.39, 0.29) is 12.4 Å². The number of unbranched alkanes of at least 4 members (excludes halogenated alkanes) is 2. The Bertz CT molecular complexity index is 347. The summed E-state index contributed by atoms with van der Waals surface area (Å²) in [4.78, 5) is 6.23. The highest BCUT2D eigenvalue weighted by molar-refractivity contribution is 5.43. The molecule has 0 saturated carbocycles. The number of hydrogen-bond acceptors (Lipinski definition) is 3. The molecule has 0 bridgehead atoms. The Morgan fingerprint density at radius 1 is 1.22 bits per heavy atom. The fourth-order valence-corrected chi connectivity index (χ4v) is 1.87. The highest BCUT2D eigenvalue weighted by Gasteiger charge is 2.14. The monoisotopic (exact) mass is 253 g/mol. The Kier molecular flexibility index (Phi) is 6.65. The van der Waals surface area contributed by atoms with Crippen molar-refractivity contribution >= 4 is 5.82 Å². The summed E-state index contributed by atoms with van der Waals surface area (Å²) < 4.78 is 14.2. The number of halogens is 1. The summed E-state index contributed by atoms with van der Waals surface area (Å²) in [5.41, 5.74) is 6.07. The first-order valence-electron chi connectivity index (χ1n) is 6.82. The minimum absolute atomic E-state index is 0.219. The Morgan fingerprint density at radius 3 is 2.33 bits per heavy atom. The van der Waals surface area contributed by atoms with Crippen LogP contribution >= 0.6 is 0 Å². The van der Waals surface area contributed by atoms with Crippen LogP contribution in [-0.2, 0) is 6.54 Å². The van der Waals surface area contributed by atoms with E-state index in [2.05, 4.69) is 18.8 Å². The molecule has 0 fully saturated rings. The van der Waals surface area contributed by atoms with Gasteiger partial charge in [-0.05, 0) is 18.9 Å². The molecule has 18 heavy (non-hydrogen) atoms. The number of nitrogens with two attached hydrogens (primary N) is 1. The predicted octanol–water partition coefficient (Wildman–Crippen LogP) is 3.09. The molecule has 0 aromatic carbocycles. The molecule has 0 aliphatic heterocycles. The number of nitrogens with zero attached hydrogens (tertiary/aromatic N) is 2. The fraction of sp³-hybridized carbons (Fsp3) is 0.643. The Hall–Kier alpha value is -1.16. The third-order valence-electron chi connectivity index (χ3n) is 3.03. The summed E-state index contributed by atoms with van der Waals surface area (Å²) in [6.45, 7) is 6.20. The zero-order valence-electron chi connectivity index (χ0n) is 11.5. The maximum Gasteiger partial charge on any atom is 0.170 e. The van der Waals surface area contributed by atoms with Crippen molar-refractivity contribution in [1.82, 2.24) is 4.98 Å². The molecule has 4 heteroatoms. The van der Waals surface area contributed by atoms with Gasteiger partial charge in [-0.2, -0.15) is 0 Å². The molecule has 0 aliphatic rings. The minimum Gasteiger partial charge on any atom is -0.354 e. The lowest BCUT2D eigenvalue weighted by Crippen LogP contribution is -2.28. The van der Waals surface area contributed by atoms with Crippen molar-refractivity contribution in [2.45, 2.75) is 46.1 Å². The first-order valence-corrected chi connectivity index (χ1v) is 6.82. The summed E-state index contributed by atoms with van der Waals surface area (Å²) in [7, 11) is 0. The summed E-state index contributed by atoms with van der Waals surface area (Å²) in [5.74, 6) is 0.201. The molecule has 0 saturated heterocycles. The van der Waals surface area contributed by atoms with E-state index >= 15 is 0 Å². The minimum atomic E-state index is -0.257. The average molecular weight is 253 g/mol. The molecule has 0 unspecified atom stereocenters. The van der Waals surface area contributed by atoms with Gasteiger partial charge >= 0.3 is 0 Å². The highest BCUT2D eigenvalue weighted by atomic mass is 19.1. The van der Waals surface area contributed by atoms with Crippen molar-refractivity contribution < 1.29 is 4.39 Å². The van der Waals surface area contributed by atoms with Crippen LogP contribution in [0.2, 0.25) is 0 Å². The summed E-state index contributed by atoms with van der Waals surface area (Å²) >= 11 is 0. The molecular weight excluding hydrogens is 229 g/mol. The van der Waals surface area contributed by atoms with Gasteiger partial charge in [0.05, 0.1) is 0 Å². The van der Waals surface area contributed by atoms with Gasteiger partial charge in [0.2, 0.25) is 0 Å². The molecule has 1 aromatic heterocycles. The molecule has 1 heterocycles. The van der Waals surface area contributed by atoms with Crippen LogP contribution in [0.3, 0.4) is 0 Å². The van der Waals surface area contributed by atoms with Crippen molar-refractivity contribution in [2.24, 2.45) is 5.73 Å². The lowest BCUT2D eigenvalue weighted by molar-refractivity contribution is 0.583. The largest absolute Gasteiger partial charge is 0.354 e. The maximum atomic E-state index is 14.2. The van der Waals surface area contributed by atoms with Crippen molar-refractivity contribution in [1.29, 1.82) is 0 Å². The van der Waals surface area contributed by atoms with E-state index in [0.717, 1.165) is 38.8 Å².